The fraction of sp³-hybridized carbons (Fsp3) is 0.579. The van der Waals surface area contributed by atoms with Crippen molar-refractivity contribution in [2.45, 2.75) is 40.0 Å². The van der Waals surface area contributed by atoms with Gasteiger partial charge in [0.2, 0.25) is 5.91 Å². The maximum atomic E-state index is 12.3. The van der Waals surface area contributed by atoms with E-state index in [2.05, 4.69) is 6.07 Å². The van der Waals surface area contributed by atoms with Gasteiger partial charge in [-0.15, -0.1) is 0 Å². The summed E-state index contributed by atoms with van der Waals surface area (Å²) in [4.78, 5) is 26.0. The second-order valence-corrected chi connectivity index (χ2v) is 6.30. The summed E-state index contributed by atoms with van der Waals surface area (Å²) >= 11 is 0. The summed E-state index contributed by atoms with van der Waals surface area (Å²) in [6.07, 6.45) is 1.96. The third-order valence-corrected chi connectivity index (χ3v) is 4.30. The highest BCUT2D eigenvalue weighted by Crippen LogP contribution is 2.20. The molecule has 1 unspecified atom stereocenters. The molecule has 1 amide bonds. The summed E-state index contributed by atoms with van der Waals surface area (Å²) < 4.78 is 10.8. The van der Waals surface area contributed by atoms with Gasteiger partial charge in [0.1, 0.15) is 5.75 Å². The summed E-state index contributed by atoms with van der Waals surface area (Å²) in [7, 11) is 0. The lowest BCUT2D eigenvalue weighted by atomic mass is 9.98. The summed E-state index contributed by atoms with van der Waals surface area (Å²) in [6, 6.07) is 6.00. The van der Waals surface area contributed by atoms with Gasteiger partial charge in [0.15, 0.2) is 0 Å². The molecule has 0 radical (unpaired) electrons. The molecule has 5 nitrogen and oxygen atoms in total. The molecule has 0 N–H and O–H groups in total. The highest BCUT2D eigenvalue weighted by atomic mass is 16.5. The number of amides is 1. The van der Waals surface area contributed by atoms with Gasteiger partial charge >= 0.3 is 5.97 Å². The van der Waals surface area contributed by atoms with Crippen molar-refractivity contribution in [1.29, 1.82) is 0 Å². The van der Waals surface area contributed by atoms with Gasteiger partial charge in [0.25, 0.3) is 0 Å². The molecule has 0 aliphatic carbocycles. The zero-order valence-corrected chi connectivity index (χ0v) is 14.8. The molecule has 1 aromatic carbocycles. The van der Waals surface area contributed by atoms with E-state index < -0.39 is 0 Å². The summed E-state index contributed by atoms with van der Waals surface area (Å²) in [6.45, 7) is 7.74. The molecule has 1 aromatic rings. The van der Waals surface area contributed by atoms with Gasteiger partial charge < -0.3 is 14.4 Å². The predicted molar refractivity (Wildman–Crippen MR) is 92.0 cm³/mol. The molecule has 0 spiro atoms. The van der Waals surface area contributed by atoms with Crippen LogP contribution in [0.3, 0.4) is 0 Å². The maximum Gasteiger partial charge on any atom is 0.310 e. The first-order valence-corrected chi connectivity index (χ1v) is 8.65. The molecule has 1 aliphatic heterocycles. The molecule has 1 aliphatic rings. The van der Waals surface area contributed by atoms with Crippen LogP contribution in [0.15, 0.2) is 18.2 Å². The number of hydrogen-bond acceptors (Lipinski definition) is 4. The first kappa shape index (κ1) is 18.3. The lowest BCUT2D eigenvalue weighted by molar-refractivity contribution is -0.151. The number of aryl methyl sites for hydroxylation is 2. The number of carbonyl (C=O) groups is 2. The van der Waals surface area contributed by atoms with Crippen LogP contribution in [0.2, 0.25) is 0 Å². The number of esters is 1. The van der Waals surface area contributed by atoms with Crippen LogP contribution in [0, 0.1) is 19.8 Å². The van der Waals surface area contributed by atoms with E-state index in [4.69, 9.17) is 9.47 Å². The van der Waals surface area contributed by atoms with Gasteiger partial charge in [-0.1, -0.05) is 17.7 Å². The highest BCUT2D eigenvalue weighted by molar-refractivity contribution is 5.78. The Balaban J connectivity index is 1.80. The number of benzene rings is 1. The topological polar surface area (TPSA) is 55.8 Å². The average molecular weight is 333 g/mol. The maximum absolute atomic E-state index is 12.3. The van der Waals surface area contributed by atoms with E-state index in [9.17, 15) is 9.59 Å². The molecular formula is C19H27NO4. The summed E-state index contributed by atoms with van der Waals surface area (Å²) in [5, 5.41) is 0. The van der Waals surface area contributed by atoms with E-state index in [1.165, 1.54) is 5.56 Å². The molecule has 2 rings (SSSR count). The molecule has 0 aromatic heterocycles. The minimum absolute atomic E-state index is 0.0359. The van der Waals surface area contributed by atoms with Gasteiger partial charge in [-0.3, -0.25) is 9.59 Å². The van der Waals surface area contributed by atoms with Crippen LogP contribution >= 0.6 is 0 Å². The third-order valence-electron chi connectivity index (χ3n) is 4.30. The first-order chi connectivity index (χ1) is 11.5. The van der Waals surface area contributed by atoms with Crippen LogP contribution in [0.25, 0.3) is 0 Å². The highest BCUT2D eigenvalue weighted by Gasteiger charge is 2.29. The number of likely N-dealkylation sites (tertiary alicyclic amines) is 1. The van der Waals surface area contributed by atoms with Crippen molar-refractivity contribution in [3.63, 3.8) is 0 Å². The van der Waals surface area contributed by atoms with Crippen LogP contribution in [0.1, 0.15) is 37.3 Å². The first-order valence-electron chi connectivity index (χ1n) is 8.65. The Morgan fingerprint density at radius 2 is 2.08 bits per heavy atom. The van der Waals surface area contributed by atoms with E-state index in [0.717, 1.165) is 24.2 Å². The monoisotopic (exact) mass is 333 g/mol. The number of nitrogens with zero attached hydrogens (tertiary/aromatic N) is 1. The molecule has 1 fully saturated rings. The molecule has 1 atom stereocenters. The predicted octanol–water partition coefficient (Wildman–Crippen LogP) is 2.87. The van der Waals surface area contributed by atoms with Crippen molar-refractivity contribution in [2.24, 2.45) is 5.92 Å². The van der Waals surface area contributed by atoms with Gasteiger partial charge in [-0.2, -0.15) is 0 Å². The Morgan fingerprint density at radius 1 is 1.29 bits per heavy atom. The Kier molecular flexibility index (Phi) is 6.64. The Labute approximate surface area is 143 Å². The van der Waals surface area contributed by atoms with E-state index in [0.29, 0.717) is 32.7 Å². The molecule has 5 heteroatoms. The molecule has 1 heterocycles. The van der Waals surface area contributed by atoms with E-state index >= 15 is 0 Å². The van der Waals surface area contributed by atoms with Crippen LogP contribution in [0.5, 0.6) is 5.75 Å². The Morgan fingerprint density at radius 3 is 2.79 bits per heavy atom. The SMILES string of the molecule is CCOC(=O)C1CCCN(C(=O)CCOc2ccc(C)cc2C)C1. The van der Waals surface area contributed by atoms with Crippen LogP contribution < -0.4 is 4.74 Å². The minimum atomic E-state index is -0.193. The fourth-order valence-electron chi connectivity index (χ4n) is 3.02. The molecule has 132 valence electrons. The summed E-state index contributed by atoms with van der Waals surface area (Å²) in [5.41, 5.74) is 2.26. The van der Waals surface area contributed by atoms with Gasteiger partial charge in [-0.25, -0.2) is 0 Å². The molecule has 1 saturated heterocycles. The third kappa shape index (κ3) is 4.98. The van der Waals surface area contributed by atoms with Crippen LogP contribution in [-0.2, 0) is 14.3 Å². The average Bonchev–Trinajstić information content (AvgIpc) is 2.57. The number of piperidine rings is 1. The van der Waals surface area contributed by atoms with Crippen LogP contribution in [0.4, 0.5) is 0 Å². The van der Waals surface area contributed by atoms with Crippen molar-refractivity contribution in [3.05, 3.63) is 29.3 Å². The number of carbonyl (C=O) groups excluding carboxylic acids is 2. The second-order valence-electron chi connectivity index (χ2n) is 6.30. The summed E-state index contributed by atoms with van der Waals surface area (Å²) in [5.74, 6) is 0.467. The quantitative estimate of drug-likeness (QED) is 0.751. The second kappa shape index (κ2) is 8.71. The largest absolute Gasteiger partial charge is 0.493 e. The molecule has 0 bridgehead atoms. The Bertz CT molecular complexity index is 585. The van der Waals surface area contributed by atoms with Gasteiger partial charge in [0.05, 0.1) is 25.6 Å². The lowest BCUT2D eigenvalue weighted by Crippen LogP contribution is -2.43. The van der Waals surface area contributed by atoms with Crippen molar-refractivity contribution >= 4 is 11.9 Å². The van der Waals surface area contributed by atoms with Crippen molar-refractivity contribution in [2.75, 3.05) is 26.3 Å². The molecule has 24 heavy (non-hydrogen) atoms. The van der Waals surface area contributed by atoms with Crippen molar-refractivity contribution in [1.82, 2.24) is 4.90 Å². The van der Waals surface area contributed by atoms with Crippen molar-refractivity contribution < 1.29 is 19.1 Å². The Hall–Kier alpha value is -2.04. The van der Waals surface area contributed by atoms with Crippen molar-refractivity contribution in [3.8, 4) is 5.75 Å². The smallest absolute Gasteiger partial charge is 0.310 e. The van der Waals surface area contributed by atoms with Crippen LogP contribution in [-0.4, -0.2) is 43.1 Å². The lowest BCUT2D eigenvalue weighted by Gasteiger charge is -2.31. The number of ether oxygens (including phenoxy) is 2. The number of rotatable bonds is 6. The van der Waals surface area contributed by atoms with Gasteiger partial charge in [-0.05, 0) is 45.2 Å². The standard InChI is InChI=1S/C19H27NO4/c1-4-23-19(22)16-6-5-10-20(13-16)18(21)9-11-24-17-8-7-14(2)12-15(17)3/h7-8,12,16H,4-6,9-11,13H2,1-3H3. The molecule has 0 saturated carbocycles. The minimum Gasteiger partial charge on any atom is -0.493 e. The number of hydrogen-bond donors (Lipinski definition) is 0. The van der Waals surface area contributed by atoms with E-state index in [-0.39, 0.29) is 17.8 Å². The van der Waals surface area contributed by atoms with Gasteiger partial charge in [0, 0.05) is 13.1 Å². The van der Waals surface area contributed by atoms with E-state index in [1.807, 2.05) is 26.0 Å². The molecular weight excluding hydrogens is 306 g/mol. The van der Waals surface area contributed by atoms with E-state index in [1.54, 1.807) is 11.8 Å². The zero-order valence-electron chi connectivity index (χ0n) is 14.8. The normalized spacial score (nSPS) is 17.5. The zero-order chi connectivity index (χ0) is 17.5. The fourth-order valence-corrected chi connectivity index (χ4v) is 3.02.